The third-order valence-electron chi connectivity index (χ3n) is 4.36. The first-order chi connectivity index (χ1) is 9.48. The third kappa shape index (κ3) is 3.04. The summed E-state index contributed by atoms with van der Waals surface area (Å²) in [5.41, 5.74) is 5.88. The van der Waals surface area contributed by atoms with Crippen molar-refractivity contribution in [2.75, 3.05) is 6.54 Å². The molecule has 0 spiro atoms. The number of amides is 1. The zero-order valence-corrected chi connectivity index (χ0v) is 13.2. The van der Waals surface area contributed by atoms with Crippen LogP contribution in [0.15, 0.2) is 22.7 Å². The quantitative estimate of drug-likeness (QED) is 0.885. The summed E-state index contributed by atoms with van der Waals surface area (Å²) >= 11 is 3.08. The molecule has 0 aliphatic heterocycles. The van der Waals surface area contributed by atoms with Gasteiger partial charge in [0.1, 0.15) is 5.82 Å². The minimum atomic E-state index is -0.434. The predicted molar refractivity (Wildman–Crippen MR) is 81.0 cm³/mol. The Balaban J connectivity index is 2.18. The smallest absolute Gasteiger partial charge is 0.251 e. The molecule has 1 amide bonds. The lowest BCUT2D eigenvalue weighted by Gasteiger charge is -2.42. The number of carbonyl (C=O) groups is 1. The van der Waals surface area contributed by atoms with Gasteiger partial charge in [-0.3, -0.25) is 4.79 Å². The number of hydrogen-bond donors (Lipinski definition) is 2. The second-order valence-corrected chi connectivity index (χ2v) is 6.44. The minimum absolute atomic E-state index is 0.254. The monoisotopic (exact) mass is 342 g/mol. The van der Waals surface area contributed by atoms with Crippen molar-refractivity contribution in [3.8, 4) is 0 Å². The zero-order chi connectivity index (χ0) is 14.8. The van der Waals surface area contributed by atoms with E-state index in [2.05, 4.69) is 28.2 Å². The van der Waals surface area contributed by atoms with Crippen LogP contribution in [-0.4, -0.2) is 18.0 Å². The molecule has 1 aromatic rings. The number of nitrogens with one attached hydrogen (secondary N) is 1. The SMILES string of the molecule is CC1CCCCC1(CN)NC(=O)c1ccc(Br)c(F)c1. The maximum Gasteiger partial charge on any atom is 0.251 e. The van der Waals surface area contributed by atoms with Gasteiger partial charge in [-0.2, -0.15) is 0 Å². The summed E-state index contributed by atoms with van der Waals surface area (Å²) < 4.78 is 13.9. The van der Waals surface area contributed by atoms with Gasteiger partial charge in [-0.05, 0) is 52.9 Å². The van der Waals surface area contributed by atoms with Crippen molar-refractivity contribution in [1.29, 1.82) is 0 Å². The molecule has 1 aromatic carbocycles. The maximum absolute atomic E-state index is 13.5. The number of halogens is 2. The van der Waals surface area contributed by atoms with E-state index in [1.807, 2.05) is 0 Å². The molecule has 20 heavy (non-hydrogen) atoms. The van der Waals surface area contributed by atoms with Crippen LogP contribution in [0.4, 0.5) is 4.39 Å². The first-order valence-corrected chi connectivity index (χ1v) is 7.75. The number of carbonyl (C=O) groups excluding carboxylic acids is 1. The molecule has 1 fully saturated rings. The molecule has 3 N–H and O–H groups in total. The Bertz CT molecular complexity index is 509. The van der Waals surface area contributed by atoms with Crippen molar-refractivity contribution in [1.82, 2.24) is 5.32 Å². The van der Waals surface area contributed by atoms with Gasteiger partial charge in [0.05, 0.1) is 10.0 Å². The van der Waals surface area contributed by atoms with Crippen LogP contribution in [-0.2, 0) is 0 Å². The molecule has 2 unspecified atom stereocenters. The highest BCUT2D eigenvalue weighted by Gasteiger charge is 2.38. The Hall–Kier alpha value is -0.940. The van der Waals surface area contributed by atoms with E-state index in [0.29, 0.717) is 22.5 Å². The number of rotatable bonds is 3. The lowest BCUT2D eigenvalue weighted by molar-refractivity contribution is 0.0812. The van der Waals surface area contributed by atoms with E-state index in [0.717, 1.165) is 19.3 Å². The van der Waals surface area contributed by atoms with Crippen LogP contribution in [0.5, 0.6) is 0 Å². The van der Waals surface area contributed by atoms with Gasteiger partial charge in [0.25, 0.3) is 5.91 Å². The number of nitrogens with two attached hydrogens (primary N) is 1. The fourth-order valence-electron chi connectivity index (χ4n) is 2.89. The zero-order valence-electron chi connectivity index (χ0n) is 11.6. The summed E-state index contributed by atoms with van der Waals surface area (Å²) in [7, 11) is 0. The van der Waals surface area contributed by atoms with Gasteiger partial charge in [0.15, 0.2) is 0 Å². The number of benzene rings is 1. The van der Waals surface area contributed by atoms with E-state index in [-0.39, 0.29) is 11.4 Å². The van der Waals surface area contributed by atoms with Crippen molar-refractivity contribution in [3.05, 3.63) is 34.1 Å². The summed E-state index contributed by atoms with van der Waals surface area (Å²) in [6.07, 6.45) is 4.18. The molecule has 0 aromatic heterocycles. The van der Waals surface area contributed by atoms with Crippen molar-refractivity contribution in [3.63, 3.8) is 0 Å². The second kappa shape index (κ2) is 6.22. The summed E-state index contributed by atoms with van der Waals surface area (Å²) in [6.45, 7) is 2.54. The molecular formula is C15H20BrFN2O. The lowest BCUT2D eigenvalue weighted by atomic mass is 9.73. The fraction of sp³-hybridized carbons (Fsp3) is 0.533. The van der Waals surface area contributed by atoms with Crippen molar-refractivity contribution < 1.29 is 9.18 Å². The van der Waals surface area contributed by atoms with E-state index < -0.39 is 5.82 Å². The topological polar surface area (TPSA) is 55.1 Å². The van der Waals surface area contributed by atoms with Crippen LogP contribution < -0.4 is 11.1 Å². The van der Waals surface area contributed by atoms with Crippen molar-refractivity contribution >= 4 is 21.8 Å². The Kier molecular flexibility index (Phi) is 4.81. The molecule has 0 bridgehead atoms. The van der Waals surface area contributed by atoms with E-state index >= 15 is 0 Å². The molecule has 1 saturated carbocycles. The van der Waals surface area contributed by atoms with E-state index in [1.165, 1.54) is 12.5 Å². The van der Waals surface area contributed by atoms with Crippen LogP contribution >= 0.6 is 15.9 Å². The minimum Gasteiger partial charge on any atom is -0.345 e. The molecule has 1 aliphatic rings. The molecular weight excluding hydrogens is 323 g/mol. The van der Waals surface area contributed by atoms with E-state index in [1.54, 1.807) is 12.1 Å². The molecule has 0 radical (unpaired) electrons. The Labute approximate surface area is 127 Å². The van der Waals surface area contributed by atoms with Crippen molar-refractivity contribution in [2.24, 2.45) is 11.7 Å². The van der Waals surface area contributed by atoms with Gasteiger partial charge < -0.3 is 11.1 Å². The molecule has 110 valence electrons. The summed E-state index contributed by atoms with van der Waals surface area (Å²) in [6, 6.07) is 4.40. The van der Waals surface area contributed by atoms with Crippen LogP contribution in [0.2, 0.25) is 0 Å². The van der Waals surface area contributed by atoms with Gasteiger partial charge >= 0.3 is 0 Å². The largest absolute Gasteiger partial charge is 0.345 e. The third-order valence-corrected chi connectivity index (χ3v) is 5.00. The lowest BCUT2D eigenvalue weighted by Crippen LogP contribution is -2.59. The van der Waals surface area contributed by atoms with Crippen LogP contribution in [0.3, 0.4) is 0 Å². The highest BCUT2D eigenvalue weighted by atomic mass is 79.9. The average Bonchev–Trinajstić information content (AvgIpc) is 2.44. The molecule has 3 nitrogen and oxygen atoms in total. The maximum atomic E-state index is 13.5. The van der Waals surface area contributed by atoms with Crippen LogP contribution in [0.25, 0.3) is 0 Å². The Morgan fingerprint density at radius 2 is 2.30 bits per heavy atom. The highest BCUT2D eigenvalue weighted by Crippen LogP contribution is 2.33. The average molecular weight is 343 g/mol. The molecule has 0 heterocycles. The fourth-order valence-corrected chi connectivity index (χ4v) is 3.14. The Morgan fingerprint density at radius 1 is 1.55 bits per heavy atom. The second-order valence-electron chi connectivity index (χ2n) is 5.59. The summed E-state index contributed by atoms with van der Waals surface area (Å²) in [5, 5.41) is 3.05. The number of hydrogen-bond acceptors (Lipinski definition) is 2. The molecule has 1 aliphatic carbocycles. The summed E-state index contributed by atoms with van der Waals surface area (Å²) in [5.74, 6) is -0.350. The normalized spacial score (nSPS) is 26.3. The van der Waals surface area contributed by atoms with Gasteiger partial charge in [-0.15, -0.1) is 0 Å². The van der Waals surface area contributed by atoms with Gasteiger partial charge in [-0.25, -0.2) is 4.39 Å². The van der Waals surface area contributed by atoms with Gasteiger partial charge in [0, 0.05) is 12.1 Å². The van der Waals surface area contributed by atoms with Crippen LogP contribution in [0.1, 0.15) is 43.0 Å². The van der Waals surface area contributed by atoms with E-state index in [9.17, 15) is 9.18 Å². The van der Waals surface area contributed by atoms with E-state index in [4.69, 9.17) is 5.73 Å². The first kappa shape index (κ1) is 15.4. The molecule has 2 rings (SSSR count). The standard InChI is InChI=1S/C15H20BrFN2O/c1-10-4-2-3-7-15(10,9-18)19-14(20)11-5-6-12(16)13(17)8-11/h5-6,8,10H,2-4,7,9,18H2,1H3,(H,19,20). The highest BCUT2D eigenvalue weighted by molar-refractivity contribution is 9.10. The Morgan fingerprint density at radius 3 is 2.90 bits per heavy atom. The molecule has 5 heteroatoms. The van der Waals surface area contributed by atoms with Crippen LogP contribution in [0, 0.1) is 11.7 Å². The predicted octanol–water partition coefficient (Wildman–Crippen LogP) is 3.23. The molecule has 0 saturated heterocycles. The van der Waals surface area contributed by atoms with Gasteiger partial charge in [0.2, 0.25) is 0 Å². The van der Waals surface area contributed by atoms with Crippen molar-refractivity contribution in [2.45, 2.75) is 38.1 Å². The first-order valence-electron chi connectivity index (χ1n) is 6.96. The molecule has 2 atom stereocenters. The summed E-state index contributed by atoms with van der Waals surface area (Å²) in [4.78, 5) is 12.3. The van der Waals surface area contributed by atoms with Gasteiger partial charge in [-0.1, -0.05) is 19.8 Å².